The predicted molar refractivity (Wildman–Crippen MR) is 74.3 cm³/mol. The summed E-state index contributed by atoms with van der Waals surface area (Å²) < 4.78 is 6.69. The normalized spacial score (nSPS) is 17.8. The molecule has 0 aliphatic carbocycles. The maximum Gasteiger partial charge on any atom is 0.358 e. The fourth-order valence-corrected chi connectivity index (χ4v) is 2.61. The summed E-state index contributed by atoms with van der Waals surface area (Å²) in [6, 6.07) is 0. The van der Waals surface area contributed by atoms with Crippen molar-refractivity contribution in [3.63, 3.8) is 0 Å². The third-order valence-corrected chi connectivity index (χ3v) is 3.60. The Balaban J connectivity index is 2.18. The van der Waals surface area contributed by atoms with E-state index >= 15 is 0 Å². The van der Waals surface area contributed by atoms with Crippen molar-refractivity contribution in [2.45, 2.75) is 38.3 Å². The zero-order valence-electron chi connectivity index (χ0n) is 12.2. The topological polar surface area (TPSA) is 110 Å². The van der Waals surface area contributed by atoms with Gasteiger partial charge in [-0.2, -0.15) is 0 Å². The molecule has 3 N–H and O–H groups in total. The lowest BCUT2D eigenvalue weighted by Gasteiger charge is -2.24. The van der Waals surface area contributed by atoms with Crippen molar-refractivity contribution in [1.82, 2.24) is 20.3 Å². The summed E-state index contributed by atoms with van der Waals surface area (Å²) in [5, 5.41) is 30.1. The summed E-state index contributed by atoms with van der Waals surface area (Å²) >= 11 is 0. The first-order chi connectivity index (χ1) is 10.1. The molecule has 0 aromatic carbocycles. The third kappa shape index (κ3) is 3.99. The lowest BCUT2D eigenvalue weighted by atomic mass is 9.93. The molecule has 1 atom stereocenters. The first-order valence-electron chi connectivity index (χ1n) is 7.26. The molecule has 1 aromatic heterocycles. The van der Waals surface area contributed by atoms with Crippen molar-refractivity contribution in [2.24, 2.45) is 0 Å². The molecule has 1 saturated heterocycles. The molecule has 0 spiro atoms. The average Bonchev–Trinajstić information content (AvgIpc) is 2.89. The fraction of sp³-hybridized carbons (Fsp3) is 0.769. The number of aromatic nitrogens is 3. The molecule has 118 valence electrons. The molecule has 1 unspecified atom stereocenters. The van der Waals surface area contributed by atoms with Crippen LogP contribution in [0.25, 0.3) is 0 Å². The van der Waals surface area contributed by atoms with Gasteiger partial charge in [0, 0.05) is 12.5 Å². The number of rotatable bonds is 7. The number of carboxylic acid groups (broad SMARTS) is 1. The van der Waals surface area contributed by atoms with Gasteiger partial charge in [-0.25, -0.2) is 9.48 Å². The second-order valence-corrected chi connectivity index (χ2v) is 5.15. The molecule has 0 radical (unpaired) electrons. The fourth-order valence-electron chi connectivity index (χ4n) is 2.61. The van der Waals surface area contributed by atoms with Gasteiger partial charge in [0.1, 0.15) is 0 Å². The molecule has 0 bridgehead atoms. The molecule has 1 aliphatic heterocycles. The molecule has 1 fully saturated rings. The van der Waals surface area contributed by atoms with Crippen molar-refractivity contribution < 1.29 is 19.7 Å². The van der Waals surface area contributed by atoms with Crippen LogP contribution in [0.4, 0.5) is 0 Å². The summed E-state index contributed by atoms with van der Waals surface area (Å²) in [6.45, 7) is 4.46. The standard InChI is InChI=1S/C13H22N4O4/c1-2-21-8-10(18)7-17-12(9-3-5-14-6-4-9)11(13(19)20)15-16-17/h9-10,14,18H,2-8H2,1H3,(H,19,20). The molecule has 0 amide bonds. The molecular weight excluding hydrogens is 276 g/mol. The van der Waals surface area contributed by atoms with Crippen molar-refractivity contribution >= 4 is 5.97 Å². The lowest BCUT2D eigenvalue weighted by Crippen LogP contribution is -2.30. The molecule has 8 heteroatoms. The summed E-state index contributed by atoms with van der Waals surface area (Å²) in [5.41, 5.74) is 0.602. The van der Waals surface area contributed by atoms with Crippen LogP contribution in [0.15, 0.2) is 0 Å². The largest absolute Gasteiger partial charge is 0.476 e. The first-order valence-corrected chi connectivity index (χ1v) is 7.26. The molecule has 2 rings (SSSR count). The van der Waals surface area contributed by atoms with E-state index in [-0.39, 0.29) is 24.8 Å². The number of nitrogens with one attached hydrogen (secondary N) is 1. The van der Waals surface area contributed by atoms with Crippen LogP contribution < -0.4 is 5.32 Å². The van der Waals surface area contributed by atoms with Crippen LogP contribution in [-0.4, -0.2) is 63.6 Å². The van der Waals surface area contributed by atoms with E-state index in [9.17, 15) is 15.0 Å². The molecule has 1 aliphatic rings. The van der Waals surface area contributed by atoms with Crippen LogP contribution in [0.1, 0.15) is 41.9 Å². The predicted octanol–water partition coefficient (Wildman–Crippen LogP) is -0.159. The second kappa shape index (κ2) is 7.48. The van der Waals surface area contributed by atoms with Crippen molar-refractivity contribution in [1.29, 1.82) is 0 Å². The smallest absolute Gasteiger partial charge is 0.358 e. The minimum atomic E-state index is -1.07. The Bertz CT molecular complexity index is 471. The number of aliphatic hydroxyl groups excluding tert-OH is 1. The highest BCUT2D eigenvalue weighted by atomic mass is 16.5. The van der Waals surface area contributed by atoms with Gasteiger partial charge in [-0.05, 0) is 32.9 Å². The molecule has 0 saturated carbocycles. The van der Waals surface area contributed by atoms with Crippen molar-refractivity contribution in [3.8, 4) is 0 Å². The third-order valence-electron chi connectivity index (χ3n) is 3.60. The van der Waals surface area contributed by atoms with Crippen LogP contribution in [0.5, 0.6) is 0 Å². The number of nitrogens with zero attached hydrogens (tertiary/aromatic N) is 3. The number of aliphatic hydroxyl groups is 1. The monoisotopic (exact) mass is 298 g/mol. The zero-order chi connectivity index (χ0) is 15.2. The number of piperidine rings is 1. The number of carboxylic acids is 1. The molecule has 1 aromatic rings. The average molecular weight is 298 g/mol. The first kappa shape index (κ1) is 15.9. The molecule has 8 nitrogen and oxygen atoms in total. The Morgan fingerprint density at radius 1 is 1.52 bits per heavy atom. The van der Waals surface area contributed by atoms with Crippen LogP contribution in [0, 0.1) is 0 Å². The summed E-state index contributed by atoms with van der Waals surface area (Å²) in [6.07, 6.45) is 0.957. The van der Waals surface area contributed by atoms with Gasteiger partial charge >= 0.3 is 5.97 Å². The van der Waals surface area contributed by atoms with Gasteiger partial charge in [0.2, 0.25) is 0 Å². The Hall–Kier alpha value is -1.51. The van der Waals surface area contributed by atoms with Crippen LogP contribution in [-0.2, 0) is 11.3 Å². The van der Waals surface area contributed by atoms with E-state index in [0.29, 0.717) is 12.3 Å². The number of carbonyl (C=O) groups is 1. The molecular formula is C13H22N4O4. The second-order valence-electron chi connectivity index (χ2n) is 5.15. The number of ether oxygens (including phenoxy) is 1. The summed E-state index contributed by atoms with van der Waals surface area (Å²) in [7, 11) is 0. The van der Waals surface area contributed by atoms with Crippen LogP contribution in [0.3, 0.4) is 0 Å². The van der Waals surface area contributed by atoms with Crippen molar-refractivity contribution in [3.05, 3.63) is 11.4 Å². The Morgan fingerprint density at radius 2 is 2.24 bits per heavy atom. The van der Waals surface area contributed by atoms with E-state index in [0.717, 1.165) is 25.9 Å². The Morgan fingerprint density at radius 3 is 2.86 bits per heavy atom. The van der Waals surface area contributed by atoms with Gasteiger partial charge in [-0.15, -0.1) is 5.10 Å². The van der Waals surface area contributed by atoms with Gasteiger partial charge in [0.05, 0.1) is 24.9 Å². The van der Waals surface area contributed by atoms with Gasteiger partial charge < -0.3 is 20.3 Å². The number of aromatic carboxylic acids is 1. The SMILES string of the molecule is CCOCC(O)Cn1nnc(C(=O)O)c1C1CCNCC1. The lowest BCUT2D eigenvalue weighted by molar-refractivity contribution is 0.0306. The molecule has 2 heterocycles. The van der Waals surface area contributed by atoms with Gasteiger partial charge in [0.25, 0.3) is 0 Å². The minimum Gasteiger partial charge on any atom is -0.476 e. The quantitative estimate of drug-likeness (QED) is 0.641. The highest BCUT2D eigenvalue weighted by Crippen LogP contribution is 2.27. The summed E-state index contributed by atoms with van der Waals surface area (Å²) in [5.74, 6) is -0.972. The van der Waals surface area contributed by atoms with Crippen molar-refractivity contribution in [2.75, 3.05) is 26.3 Å². The van der Waals surface area contributed by atoms with E-state index in [1.807, 2.05) is 6.92 Å². The highest BCUT2D eigenvalue weighted by molar-refractivity contribution is 5.86. The van der Waals surface area contributed by atoms with E-state index in [1.54, 1.807) is 0 Å². The minimum absolute atomic E-state index is 0.00879. The summed E-state index contributed by atoms with van der Waals surface area (Å²) in [4.78, 5) is 11.3. The van der Waals surface area contributed by atoms with E-state index in [1.165, 1.54) is 4.68 Å². The number of hydrogen-bond donors (Lipinski definition) is 3. The van der Waals surface area contributed by atoms with E-state index in [4.69, 9.17) is 4.74 Å². The van der Waals surface area contributed by atoms with Crippen LogP contribution in [0.2, 0.25) is 0 Å². The Labute approximate surface area is 123 Å². The van der Waals surface area contributed by atoms with Gasteiger partial charge in [-0.1, -0.05) is 5.21 Å². The number of hydrogen-bond acceptors (Lipinski definition) is 6. The van der Waals surface area contributed by atoms with Crippen LogP contribution >= 0.6 is 0 Å². The highest BCUT2D eigenvalue weighted by Gasteiger charge is 2.28. The maximum absolute atomic E-state index is 11.3. The zero-order valence-corrected chi connectivity index (χ0v) is 12.2. The Kier molecular flexibility index (Phi) is 5.66. The van der Waals surface area contributed by atoms with Gasteiger partial charge in [0.15, 0.2) is 5.69 Å². The van der Waals surface area contributed by atoms with E-state index < -0.39 is 12.1 Å². The molecule has 21 heavy (non-hydrogen) atoms. The van der Waals surface area contributed by atoms with E-state index in [2.05, 4.69) is 15.6 Å². The maximum atomic E-state index is 11.3. The van der Waals surface area contributed by atoms with Gasteiger partial charge in [-0.3, -0.25) is 0 Å².